The Morgan fingerprint density at radius 2 is 2.50 bits per heavy atom. The van der Waals surface area contributed by atoms with Crippen LogP contribution in [0.1, 0.15) is 6.92 Å². The van der Waals surface area contributed by atoms with Crippen LogP contribution >= 0.6 is 0 Å². The molecule has 38 valence electrons. The molecule has 2 N–H and O–H groups in total. The largest absolute Gasteiger partial charge is 0.566 e. The van der Waals surface area contributed by atoms with Crippen molar-refractivity contribution < 1.29 is 15.4 Å². The van der Waals surface area contributed by atoms with E-state index in [4.69, 9.17) is 5.21 Å². The van der Waals surface area contributed by atoms with Gasteiger partial charge in [0.1, 0.15) is 6.61 Å². The van der Waals surface area contributed by atoms with E-state index < -0.39 is 5.39 Å². The van der Waals surface area contributed by atoms with Crippen molar-refractivity contribution in [1.82, 2.24) is 0 Å². The van der Waals surface area contributed by atoms with Gasteiger partial charge >= 0.3 is 0 Å². The summed E-state index contributed by atoms with van der Waals surface area (Å²) < 4.78 is 0. The monoisotopic (exact) mass is 93.0 g/mol. The summed E-state index contributed by atoms with van der Waals surface area (Å²) in [7, 11) is 0. The Bertz CT molecular complexity index is 30.0. The second-order valence-corrected chi connectivity index (χ2v) is 0.699. The van der Waals surface area contributed by atoms with Gasteiger partial charge in [-0.1, -0.05) is 5.39 Å². The molecule has 4 heteroatoms. The number of quaternary nitrogens is 1. The zero-order valence-corrected chi connectivity index (χ0v) is 3.47. The van der Waals surface area contributed by atoms with Crippen LogP contribution in [-0.2, 0) is 4.84 Å². The van der Waals surface area contributed by atoms with Crippen molar-refractivity contribution in [3.63, 3.8) is 0 Å². The molecular formula is C2H7NO3. The predicted octanol–water partition coefficient (Wildman–Crippen LogP) is -1.29. The van der Waals surface area contributed by atoms with Gasteiger partial charge in [0.2, 0.25) is 0 Å². The first-order valence-electron chi connectivity index (χ1n) is 1.63. The van der Waals surface area contributed by atoms with Crippen LogP contribution in [0.4, 0.5) is 0 Å². The van der Waals surface area contributed by atoms with Crippen molar-refractivity contribution >= 4 is 0 Å². The van der Waals surface area contributed by atoms with Crippen LogP contribution in [0.15, 0.2) is 0 Å². The van der Waals surface area contributed by atoms with Crippen molar-refractivity contribution in [3.8, 4) is 0 Å². The van der Waals surface area contributed by atoms with E-state index in [-0.39, 0.29) is 6.61 Å². The summed E-state index contributed by atoms with van der Waals surface area (Å²) in [5, 5.41) is 15.9. The van der Waals surface area contributed by atoms with E-state index in [0.717, 1.165) is 0 Å². The molecule has 0 amide bonds. The Labute approximate surface area is 35.4 Å². The average Bonchev–Trinajstić information content (AvgIpc) is 1.35. The molecule has 1 atom stereocenters. The summed E-state index contributed by atoms with van der Waals surface area (Å²) in [4.78, 5) is 3.96. The smallest absolute Gasteiger partial charge is 0.108 e. The SMILES string of the molecule is CCO[NH+]([O-])O. The van der Waals surface area contributed by atoms with E-state index >= 15 is 0 Å². The highest BCUT2D eigenvalue weighted by Gasteiger charge is 1.79. The van der Waals surface area contributed by atoms with Gasteiger partial charge in [0, 0.05) is 0 Å². The molecule has 0 fully saturated rings. The van der Waals surface area contributed by atoms with Crippen molar-refractivity contribution in [2.45, 2.75) is 6.92 Å². The summed E-state index contributed by atoms with van der Waals surface area (Å²) in [5.41, 5.74) is 0. The number of rotatable bonds is 2. The van der Waals surface area contributed by atoms with E-state index in [9.17, 15) is 5.21 Å². The Balaban J connectivity index is 2.63. The molecule has 0 radical (unpaired) electrons. The van der Waals surface area contributed by atoms with Crippen LogP contribution in [0.25, 0.3) is 0 Å². The Kier molecular flexibility index (Phi) is 2.97. The molecular weight excluding hydrogens is 86.0 g/mol. The summed E-state index contributed by atoms with van der Waals surface area (Å²) in [6.45, 7) is 1.85. The first-order chi connectivity index (χ1) is 2.77. The van der Waals surface area contributed by atoms with Crippen molar-refractivity contribution in [2.75, 3.05) is 6.61 Å². The van der Waals surface area contributed by atoms with Crippen LogP contribution < -0.4 is 5.39 Å². The topological polar surface area (TPSA) is 57.0 Å². The lowest BCUT2D eigenvalue weighted by molar-refractivity contribution is -1.21. The number of hydrogen-bond donors (Lipinski definition) is 2. The van der Waals surface area contributed by atoms with Crippen LogP contribution in [0.2, 0.25) is 0 Å². The minimum absolute atomic E-state index is 0.231. The van der Waals surface area contributed by atoms with E-state index in [1.807, 2.05) is 0 Å². The molecule has 4 nitrogen and oxygen atoms in total. The fourth-order valence-corrected chi connectivity index (χ4v) is 0.123. The Morgan fingerprint density at radius 1 is 2.00 bits per heavy atom. The van der Waals surface area contributed by atoms with Gasteiger partial charge in [-0.15, -0.1) is 0 Å². The van der Waals surface area contributed by atoms with Crippen molar-refractivity contribution in [3.05, 3.63) is 5.21 Å². The van der Waals surface area contributed by atoms with Crippen LogP contribution in [0, 0.1) is 5.21 Å². The maximum absolute atomic E-state index is 9.38. The summed E-state index contributed by atoms with van der Waals surface area (Å²) >= 11 is 0. The average molecular weight is 93.1 g/mol. The van der Waals surface area contributed by atoms with E-state index in [2.05, 4.69) is 4.84 Å². The highest BCUT2D eigenvalue weighted by molar-refractivity contribution is 3.91. The molecule has 0 aromatic carbocycles. The lowest BCUT2D eigenvalue weighted by atomic mass is 10.9. The van der Waals surface area contributed by atoms with E-state index in [0.29, 0.717) is 0 Å². The fourth-order valence-electron chi connectivity index (χ4n) is 0.123. The lowest BCUT2D eigenvalue weighted by Crippen LogP contribution is -3.03. The summed E-state index contributed by atoms with van der Waals surface area (Å²) in [6, 6.07) is 0. The molecule has 6 heavy (non-hydrogen) atoms. The van der Waals surface area contributed by atoms with Gasteiger partial charge in [-0.3, -0.25) is 0 Å². The lowest BCUT2D eigenvalue weighted by Gasteiger charge is -2.06. The normalized spacial score (nSPS) is 14.5. The second kappa shape index (κ2) is 3.05. The summed E-state index contributed by atoms with van der Waals surface area (Å²) in [5.74, 6) is 0. The molecule has 0 spiro atoms. The van der Waals surface area contributed by atoms with E-state index in [1.165, 1.54) is 0 Å². The zero-order valence-electron chi connectivity index (χ0n) is 3.47. The molecule has 0 aromatic heterocycles. The minimum Gasteiger partial charge on any atom is -0.566 e. The maximum Gasteiger partial charge on any atom is 0.108 e. The van der Waals surface area contributed by atoms with E-state index in [1.54, 1.807) is 6.92 Å². The minimum atomic E-state index is -1.21. The summed E-state index contributed by atoms with van der Waals surface area (Å²) in [6.07, 6.45) is 0. The van der Waals surface area contributed by atoms with Crippen LogP contribution in [-0.4, -0.2) is 11.8 Å². The van der Waals surface area contributed by atoms with Crippen molar-refractivity contribution in [1.29, 1.82) is 0 Å². The van der Waals surface area contributed by atoms with Crippen LogP contribution in [0.3, 0.4) is 0 Å². The molecule has 0 bridgehead atoms. The molecule has 0 aliphatic heterocycles. The number of hydrogen-bond acceptors (Lipinski definition) is 3. The van der Waals surface area contributed by atoms with Gasteiger partial charge < -0.3 is 5.21 Å². The predicted molar refractivity (Wildman–Crippen MR) is 17.7 cm³/mol. The number of nitrogens with one attached hydrogen (secondary N) is 1. The molecule has 0 heterocycles. The molecule has 0 saturated carbocycles. The van der Waals surface area contributed by atoms with Gasteiger partial charge in [-0.05, 0) is 6.92 Å². The fraction of sp³-hybridized carbons (Fsp3) is 1.00. The standard InChI is InChI=1S/C2H7NO3/c1-2-6-3(4)5/h3-4H,2H2,1H3. The Morgan fingerprint density at radius 3 is 2.50 bits per heavy atom. The van der Waals surface area contributed by atoms with Gasteiger partial charge in [-0.2, -0.15) is 10.0 Å². The first kappa shape index (κ1) is 5.84. The second-order valence-electron chi connectivity index (χ2n) is 0.699. The highest BCUT2D eigenvalue weighted by Crippen LogP contribution is 1.48. The van der Waals surface area contributed by atoms with Crippen LogP contribution in [0.5, 0.6) is 0 Å². The molecule has 1 unspecified atom stereocenters. The third-order valence-electron chi connectivity index (χ3n) is 0.268. The van der Waals surface area contributed by atoms with Crippen molar-refractivity contribution in [2.24, 2.45) is 0 Å². The van der Waals surface area contributed by atoms with Gasteiger partial charge in [-0.25, -0.2) is 0 Å². The third-order valence-corrected chi connectivity index (χ3v) is 0.268. The third kappa shape index (κ3) is 3.84. The Hall–Kier alpha value is -0.160. The maximum atomic E-state index is 9.38. The molecule has 0 rings (SSSR count). The molecule has 0 aromatic rings. The molecule has 0 saturated heterocycles. The highest BCUT2D eigenvalue weighted by atomic mass is 17.1. The first-order valence-corrected chi connectivity index (χ1v) is 1.63. The van der Waals surface area contributed by atoms with Gasteiger partial charge in [0.05, 0.1) is 0 Å². The van der Waals surface area contributed by atoms with Gasteiger partial charge in [0.25, 0.3) is 0 Å². The zero-order chi connectivity index (χ0) is 4.99. The molecule has 0 aliphatic rings. The quantitative estimate of drug-likeness (QED) is 0.417. The molecule has 0 aliphatic carbocycles. The van der Waals surface area contributed by atoms with Gasteiger partial charge in [0.15, 0.2) is 0 Å².